The lowest BCUT2D eigenvalue weighted by Gasteiger charge is -2.22. The molecular weight excluding hydrogens is 516 g/mol. The summed E-state index contributed by atoms with van der Waals surface area (Å²) in [6, 6.07) is 0. The van der Waals surface area contributed by atoms with Crippen molar-refractivity contribution in [2.45, 2.75) is 24.4 Å². The van der Waals surface area contributed by atoms with E-state index < -0.39 is 62.3 Å². The van der Waals surface area contributed by atoms with Crippen molar-refractivity contribution in [3.8, 4) is 0 Å². The maximum Gasteiger partial charge on any atom is 0.478 e. The second-order valence-electron chi connectivity index (χ2n) is 4.48. The molecule has 0 rings (SSSR count). The summed E-state index contributed by atoms with van der Waals surface area (Å²) in [6.45, 7) is -0.760. The number of aldehydes is 1. The van der Waals surface area contributed by atoms with Gasteiger partial charge in [-0.1, -0.05) is 0 Å². The fraction of sp³-hybridized carbons (Fsp3) is 0.833. The molecule has 13 N–H and O–H groups in total. The minimum atomic E-state index is -5.05. The van der Waals surface area contributed by atoms with Gasteiger partial charge in [0.15, 0.2) is 6.29 Å². The van der Waals surface area contributed by atoms with Gasteiger partial charge in [0, 0.05) is 0 Å². The lowest BCUT2D eigenvalue weighted by molar-refractivity contribution is -0.136. The van der Waals surface area contributed by atoms with Gasteiger partial charge >= 0.3 is 31.3 Å². The van der Waals surface area contributed by atoms with E-state index in [0.717, 1.165) is 0 Å². The molecule has 0 saturated carbocycles. The molecule has 30 heavy (non-hydrogen) atoms. The molecule has 4 atom stereocenters. The molecule has 184 valence electrons. The van der Waals surface area contributed by atoms with Crippen LogP contribution in [-0.4, -0.2) is 102 Å². The molecule has 0 amide bonds. The lowest BCUT2D eigenvalue weighted by Crippen LogP contribution is -2.46. The summed E-state index contributed by atoms with van der Waals surface area (Å²) >= 11 is 0. The van der Waals surface area contributed by atoms with Gasteiger partial charge in [0.05, 0.1) is 6.61 Å². The first-order valence-corrected chi connectivity index (χ1v) is 12.5. The van der Waals surface area contributed by atoms with Crippen LogP contribution in [-0.2, 0) is 31.7 Å². The summed E-state index contributed by atoms with van der Waals surface area (Å²) in [5.74, 6) is 0. The van der Waals surface area contributed by atoms with Crippen LogP contribution in [0.2, 0.25) is 0 Å². The molecule has 0 aliphatic heterocycles. The topological polar surface area (TPSA) is 367 Å². The third-order valence-corrected chi connectivity index (χ3v) is 5.25. The van der Waals surface area contributed by atoms with Gasteiger partial charge in [-0.15, -0.1) is 0 Å². The highest BCUT2D eigenvalue weighted by Crippen LogP contribution is 2.54. The quantitative estimate of drug-likeness (QED) is 0.0968. The standard InChI is InChI=1S/C6H12O6.2H4O7P2/c7-1-3(9)5(11)6(12)4(10)2-8;2*1-8(2,3)7-9(4,5)6/h1,3-6,8-12H,2H2;2*(H2,1,2,3)(H2,4,5,6)/t3-,4+,5+,6+;;/m0../s1. The number of hydrogen-bond acceptors (Lipinski definition) is 12. The molecule has 0 saturated heterocycles. The Kier molecular flexibility index (Phi) is 16.4. The average Bonchev–Trinajstić information content (AvgIpc) is 2.45. The van der Waals surface area contributed by atoms with Crippen LogP contribution in [0.15, 0.2) is 0 Å². The molecule has 0 heterocycles. The van der Waals surface area contributed by atoms with Crippen LogP contribution in [0, 0.1) is 0 Å². The first-order chi connectivity index (χ1) is 13.0. The highest BCUT2D eigenvalue weighted by molar-refractivity contribution is 7.60. The van der Waals surface area contributed by atoms with Crippen molar-refractivity contribution in [2.24, 2.45) is 0 Å². The van der Waals surface area contributed by atoms with Gasteiger partial charge in [-0.25, -0.2) is 18.3 Å². The number of rotatable bonds is 9. The van der Waals surface area contributed by atoms with Gasteiger partial charge in [0.2, 0.25) is 0 Å². The van der Waals surface area contributed by atoms with E-state index in [-0.39, 0.29) is 6.29 Å². The van der Waals surface area contributed by atoms with Crippen LogP contribution in [0.5, 0.6) is 0 Å². The molecular formula is C6H20O20P4. The van der Waals surface area contributed by atoms with E-state index in [9.17, 15) is 23.1 Å². The van der Waals surface area contributed by atoms with Crippen molar-refractivity contribution in [3.63, 3.8) is 0 Å². The van der Waals surface area contributed by atoms with E-state index in [2.05, 4.69) is 8.62 Å². The molecule has 0 aromatic carbocycles. The molecule has 24 heteroatoms. The van der Waals surface area contributed by atoms with Crippen molar-refractivity contribution in [1.82, 2.24) is 0 Å². The van der Waals surface area contributed by atoms with E-state index >= 15 is 0 Å². The minimum Gasteiger partial charge on any atom is -0.394 e. The zero-order valence-electron chi connectivity index (χ0n) is 14.1. The number of phosphoric acid groups is 4. The Morgan fingerprint density at radius 3 is 1.03 bits per heavy atom. The third-order valence-electron chi connectivity index (χ3n) is 1.85. The van der Waals surface area contributed by atoms with Gasteiger partial charge < -0.3 is 69.5 Å². The molecule has 20 nitrogen and oxygen atoms in total. The van der Waals surface area contributed by atoms with Crippen molar-refractivity contribution in [2.75, 3.05) is 6.61 Å². The van der Waals surface area contributed by atoms with Crippen molar-refractivity contribution >= 4 is 37.6 Å². The molecule has 0 bridgehead atoms. The van der Waals surface area contributed by atoms with Crippen molar-refractivity contribution < 1.29 is 96.4 Å². The fourth-order valence-corrected chi connectivity index (χ4v) is 3.11. The predicted octanol–water partition coefficient (Wildman–Crippen LogP) is -5.00. The molecule has 0 aromatic rings. The summed E-state index contributed by atoms with van der Waals surface area (Å²) in [6.07, 6.45) is -6.84. The second-order valence-corrected chi connectivity index (χ2v) is 9.71. The van der Waals surface area contributed by atoms with Crippen molar-refractivity contribution in [1.29, 1.82) is 0 Å². The molecule has 0 spiro atoms. The number of carbonyl (C=O) groups is 1. The minimum absolute atomic E-state index is 0.0258. The maximum absolute atomic E-state index is 9.90. The van der Waals surface area contributed by atoms with E-state index in [1.807, 2.05) is 0 Å². The average molecular weight is 536 g/mol. The Hall–Kier alpha value is -0.0100. The Balaban J connectivity index is -0.000000371. The molecule has 0 aliphatic carbocycles. The Labute approximate surface area is 165 Å². The Morgan fingerprint density at radius 2 is 0.900 bits per heavy atom. The largest absolute Gasteiger partial charge is 0.478 e. The molecule has 0 radical (unpaired) electrons. The highest BCUT2D eigenvalue weighted by Gasteiger charge is 2.30. The van der Waals surface area contributed by atoms with Gasteiger partial charge in [0.25, 0.3) is 0 Å². The normalized spacial score (nSPS) is 16.7. The lowest BCUT2D eigenvalue weighted by atomic mass is 10.0. The summed E-state index contributed by atoms with van der Waals surface area (Å²) in [7, 11) is -20.2. The molecule has 0 unspecified atom stereocenters. The van der Waals surface area contributed by atoms with Crippen molar-refractivity contribution in [3.05, 3.63) is 0 Å². The zero-order chi connectivity index (χ0) is 25.1. The summed E-state index contributed by atoms with van der Waals surface area (Å²) in [4.78, 5) is 71.9. The monoisotopic (exact) mass is 536 g/mol. The van der Waals surface area contributed by atoms with Gasteiger partial charge in [-0.3, -0.25) is 0 Å². The molecule has 0 aliphatic rings. The van der Waals surface area contributed by atoms with Gasteiger partial charge in [0.1, 0.15) is 24.4 Å². The zero-order valence-corrected chi connectivity index (χ0v) is 17.6. The number of hydrogen-bond donors (Lipinski definition) is 13. The van der Waals surface area contributed by atoms with Crippen LogP contribution >= 0.6 is 31.3 Å². The van der Waals surface area contributed by atoms with Crippen LogP contribution in [0.4, 0.5) is 0 Å². The summed E-state index contributed by atoms with van der Waals surface area (Å²) < 4.78 is 44.4. The van der Waals surface area contributed by atoms with Gasteiger partial charge in [-0.2, -0.15) is 8.62 Å². The van der Waals surface area contributed by atoms with Gasteiger partial charge in [-0.05, 0) is 0 Å². The first kappa shape index (κ1) is 34.6. The first-order valence-electron chi connectivity index (χ1n) is 6.39. The van der Waals surface area contributed by atoms with Crippen LogP contribution in [0.3, 0.4) is 0 Å². The summed E-state index contributed by atoms with van der Waals surface area (Å²) in [5, 5.41) is 43.5. The Morgan fingerprint density at radius 1 is 0.633 bits per heavy atom. The van der Waals surface area contributed by atoms with E-state index in [1.165, 1.54) is 0 Å². The summed E-state index contributed by atoms with van der Waals surface area (Å²) in [5.41, 5.74) is 0. The smallest absolute Gasteiger partial charge is 0.394 e. The molecule has 0 aromatic heterocycles. The fourth-order valence-electron chi connectivity index (χ4n) is 0.895. The van der Waals surface area contributed by atoms with Crippen LogP contribution in [0.25, 0.3) is 0 Å². The van der Waals surface area contributed by atoms with Crippen LogP contribution in [0.1, 0.15) is 0 Å². The maximum atomic E-state index is 9.90. The predicted molar refractivity (Wildman–Crippen MR) is 87.5 cm³/mol. The van der Waals surface area contributed by atoms with E-state index in [0.29, 0.717) is 0 Å². The third kappa shape index (κ3) is 26.0. The number of aliphatic hydroxyl groups excluding tert-OH is 5. The SMILES string of the molecule is O=C[C@H](O)[C@@H](O)[C@H](O)[C@H](O)CO.O=P(O)(O)OP(=O)(O)O.O=P(O)(O)OP(=O)(O)O. The molecule has 0 fully saturated rings. The van der Waals surface area contributed by atoms with Crippen LogP contribution < -0.4 is 0 Å². The number of carbonyl (C=O) groups excluding carboxylic acids is 1. The number of aliphatic hydroxyl groups is 5. The van der Waals surface area contributed by atoms with E-state index in [1.54, 1.807) is 0 Å². The highest BCUT2D eigenvalue weighted by atomic mass is 31.3. The van der Waals surface area contributed by atoms with E-state index in [4.69, 9.17) is 64.7 Å². The Bertz CT molecular complexity index is 585. The second kappa shape index (κ2) is 14.2.